The molecule has 21 heavy (non-hydrogen) atoms. The number of aryl methyl sites for hydroxylation is 1. The molecule has 0 saturated heterocycles. The van der Waals surface area contributed by atoms with E-state index in [1.54, 1.807) is 13.1 Å². The van der Waals surface area contributed by atoms with Gasteiger partial charge >= 0.3 is 5.97 Å². The first-order valence-electron chi connectivity index (χ1n) is 7.33. The van der Waals surface area contributed by atoms with Gasteiger partial charge in [-0.3, -0.25) is 9.59 Å². The quantitative estimate of drug-likeness (QED) is 0.580. The first kappa shape index (κ1) is 15.2. The van der Waals surface area contributed by atoms with Crippen LogP contribution in [0.3, 0.4) is 0 Å². The molecular weight excluding hydrogens is 268 g/mol. The summed E-state index contributed by atoms with van der Waals surface area (Å²) in [6.07, 6.45) is 4.63. The Balaban J connectivity index is 1.85. The number of fused-ring (bicyclic) bond motifs is 1. The summed E-state index contributed by atoms with van der Waals surface area (Å²) in [4.78, 5) is 23.4. The molecule has 0 radical (unpaired) electrons. The molecule has 0 aliphatic carbocycles. The Labute approximate surface area is 123 Å². The van der Waals surface area contributed by atoms with E-state index in [1.165, 1.54) is 4.68 Å². The number of hydrogen-bond donors (Lipinski definition) is 0. The van der Waals surface area contributed by atoms with E-state index in [0.29, 0.717) is 25.0 Å². The molecule has 5 nitrogen and oxygen atoms in total. The third kappa shape index (κ3) is 4.15. The zero-order valence-electron chi connectivity index (χ0n) is 12.2. The summed E-state index contributed by atoms with van der Waals surface area (Å²) in [7, 11) is 0. The molecule has 0 aliphatic heterocycles. The Bertz CT molecular complexity index is 664. The van der Waals surface area contributed by atoms with Gasteiger partial charge in [0.25, 0.3) is 5.56 Å². The van der Waals surface area contributed by atoms with Gasteiger partial charge in [-0.1, -0.05) is 24.6 Å². The van der Waals surface area contributed by atoms with Crippen LogP contribution in [-0.2, 0) is 16.1 Å². The molecule has 1 heterocycles. The number of rotatable bonds is 7. The van der Waals surface area contributed by atoms with Gasteiger partial charge in [-0.05, 0) is 25.8 Å². The summed E-state index contributed by atoms with van der Waals surface area (Å²) in [5.74, 6) is -0.154. The van der Waals surface area contributed by atoms with Crippen LogP contribution in [0.4, 0.5) is 0 Å². The van der Waals surface area contributed by atoms with Crippen molar-refractivity contribution in [1.82, 2.24) is 9.78 Å². The van der Waals surface area contributed by atoms with Crippen LogP contribution in [0.15, 0.2) is 35.3 Å². The second-order valence-corrected chi connectivity index (χ2v) is 4.88. The lowest BCUT2D eigenvalue weighted by atomic mass is 10.2. The Morgan fingerprint density at radius 1 is 1.24 bits per heavy atom. The molecule has 2 rings (SSSR count). The lowest BCUT2D eigenvalue weighted by Gasteiger charge is -2.06. The summed E-state index contributed by atoms with van der Waals surface area (Å²) in [6.45, 7) is 2.80. The maximum Gasteiger partial charge on any atom is 0.305 e. The van der Waals surface area contributed by atoms with Crippen molar-refractivity contribution in [2.45, 2.75) is 39.2 Å². The molecule has 0 aliphatic rings. The average Bonchev–Trinajstić information content (AvgIpc) is 2.49. The molecule has 2 aromatic rings. The van der Waals surface area contributed by atoms with Crippen LogP contribution in [0.2, 0.25) is 0 Å². The minimum Gasteiger partial charge on any atom is -0.466 e. The minimum atomic E-state index is -0.154. The van der Waals surface area contributed by atoms with Gasteiger partial charge in [0, 0.05) is 18.4 Å². The number of unbranched alkanes of at least 4 members (excludes halogenated alkanes) is 2. The fourth-order valence-electron chi connectivity index (χ4n) is 2.23. The largest absolute Gasteiger partial charge is 0.466 e. The summed E-state index contributed by atoms with van der Waals surface area (Å²) >= 11 is 0. The maximum atomic E-state index is 12.2. The summed E-state index contributed by atoms with van der Waals surface area (Å²) in [6, 6.07) is 7.45. The summed E-state index contributed by atoms with van der Waals surface area (Å²) in [5.41, 5.74) is -0.0570. The highest BCUT2D eigenvalue weighted by Crippen LogP contribution is 2.07. The molecule has 0 spiro atoms. The molecule has 112 valence electrons. The summed E-state index contributed by atoms with van der Waals surface area (Å²) < 4.78 is 6.36. The molecular formula is C16H20N2O3. The Kier molecular flexibility index (Phi) is 5.49. The lowest BCUT2D eigenvalue weighted by molar-refractivity contribution is -0.143. The van der Waals surface area contributed by atoms with E-state index in [4.69, 9.17) is 4.74 Å². The zero-order chi connectivity index (χ0) is 15.1. The Morgan fingerprint density at radius 3 is 2.86 bits per heavy atom. The second kappa shape index (κ2) is 7.57. The topological polar surface area (TPSA) is 61.2 Å². The standard InChI is InChI=1S/C16H20N2O3/c1-2-21-15(19)10-4-3-7-11-18-16(20)14-9-6-5-8-13(14)12-17-18/h5-6,8-9,12H,2-4,7,10-11H2,1H3. The van der Waals surface area contributed by atoms with Crippen LogP contribution >= 0.6 is 0 Å². The monoisotopic (exact) mass is 288 g/mol. The molecule has 1 aromatic heterocycles. The fourth-order valence-corrected chi connectivity index (χ4v) is 2.23. The van der Waals surface area contributed by atoms with E-state index in [0.717, 1.165) is 24.6 Å². The maximum absolute atomic E-state index is 12.2. The number of nitrogens with zero attached hydrogens (tertiary/aromatic N) is 2. The van der Waals surface area contributed by atoms with Gasteiger partial charge in [-0.2, -0.15) is 5.10 Å². The van der Waals surface area contributed by atoms with E-state index in [-0.39, 0.29) is 11.5 Å². The third-order valence-corrected chi connectivity index (χ3v) is 3.32. The Hall–Kier alpha value is -2.17. The van der Waals surface area contributed by atoms with Gasteiger partial charge < -0.3 is 4.74 Å². The molecule has 0 saturated carbocycles. The van der Waals surface area contributed by atoms with Gasteiger partial charge in [-0.15, -0.1) is 0 Å². The van der Waals surface area contributed by atoms with Crippen molar-refractivity contribution < 1.29 is 9.53 Å². The van der Waals surface area contributed by atoms with Crippen LogP contribution < -0.4 is 5.56 Å². The van der Waals surface area contributed by atoms with E-state index in [1.807, 2.05) is 24.3 Å². The van der Waals surface area contributed by atoms with Crippen molar-refractivity contribution >= 4 is 16.7 Å². The van der Waals surface area contributed by atoms with Crippen LogP contribution in [0.5, 0.6) is 0 Å². The molecule has 0 amide bonds. The SMILES string of the molecule is CCOC(=O)CCCCCn1ncc2ccccc2c1=O. The number of benzene rings is 1. The number of esters is 1. The van der Waals surface area contributed by atoms with Crippen molar-refractivity contribution in [3.8, 4) is 0 Å². The van der Waals surface area contributed by atoms with Crippen molar-refractivity contribution in [1.29, 1.82) is 0 Å². The van der Waals surface area contributed by atoms with Gasteiger partial charge in [0.05, 0.1) is 18.2 Å². The fraction of sp³-hybridized carbons (Fsp3) is 0.438. The molecule has 0 N–H and O–H groups in total. The number of carbonyl (C=O) groups excluding carboxylic acids is 1. The van der Waals surface area contributed by atoms with Crippen molar-refractivity contribution in [2.75, 3.05) is 6.61 Å². The number of aromatic nitrogens is 2. The second-order valence-electron chi connectivity index (χ2n) is 4.88. The smallest absolute Gasteiger partial charge is 0.305 e. The van der Waals surface area contributed by atoms with Gasteiger partial charge in [-0.25, -0.2) is 4.68 Å². The van der Waals surface area contributed by atoms with E-state index in [2.05, 4.69) is 5.10 Å². The van der Waals surface area contributed by atoms with Gasteiger partial charge in [0.1, 0.15) is 0 Å². The molecule has 1 aromatic carbocycles. The normalized spacial score (nSPS) is 10.7. The van der Waals surface area contributed by atoms with Crippen LogP contribution in [-0.4, -0.2) is 22.4 Å². The van der Waals surface area contributed by atoms with E-state index >= 15 is 0 Å². The van der Waals surface area contributed by atoms with Gasteiger partial charge in [0.15, 0.2) is 0 Å². The van der Waals surface area contributed by atoms with E-state index in [9.17, 15) is 9.59 Å². The van der Waals surface area contributed by atoms with Crippen LogP contribution in [0, 0.1) is 0 Å². The average molecular weight is 288 g/mol. The van der Waals surface area contributed by atoms with Gasteiger partial charge in [0.2, 0.25) is 0 Å². The molecule has 0 atom stereocenters. The predicted octanol–water partition coefficient (Wildman–Crippen LogP) is 2.52. The first-order valence-corrected chi connectivity index (χ1v) is 7.33. The van der Waals surface area contributed by atoms with Crippen LogP contribution in [0.25, 0.3) is 10.8 Å². The number of hydrogen-bond acceptors (Lipinski definition) is 4. The van der Waals surface area contributed by atoms with Crippen molar-refractivity contribution in [2.24, 2.45) is 0 Å². The number of carbonyl (C=O) groups is 1. The Morgan fingerprint density at radius 2 is 2.05 bits per heavy atom. The van der Waals surface area contributed by atoms with Crippen molar-refractivity contribution in [3.63, 3.8) is 0 Å². The lowest BCUT2D eigenvalue weighted by Crippen LogP contribution is -2.22. The van der Waals surface area contributed by atoms with E-state index < -0.39 is 0 Å². The highest BCUT2D eigenvalue weighted by atomic mass is 16.5. The van der Waals surface area contributed by atoms with Crippen LogP contribution in [0.1, 0.15) is 32.6 Å². The third-order valence-electron chi connectivity index (χ3n) is 3.32. The minimum absolute atomic E-state index is 0.0570. The molecule has 0 fully saturated rings. The molecule has 5 heteroatoms. The molecule has 0 bridgehead atoms. The van der Waals surface area contributed by atoms with Crippen molar-refractivity contribution in [3.05, 3.63) is 40.8 Å². The predicted molar refractivity (Wildman–Crippen MR) is 81.1 cm³/mol. The highest BCUT2D eigenvalue weighted by Gasteiger charge is 2.04. The highest BCUT2D eigenvalue weighted by molar-refractivity contribution is 5.80. The first-order chi connectivity index (χ1) is 10.2. The number of ether oxygens (including phenoxy) is 1. The molecule has 0 unspecified atom stereocenters. The zero-order valence-corrected chi connectivity index (χ0v) is 12.2. The summed E-state index contributed by atoms with van der Waals surface area (Å²) in [5, 5.41) is 5.74.